The van der Waals surface area contributed by atoms with E-state index in [9.17, 15) is 9.59 Å². The first kappa shape index (κ1) is 19.6. The van der Waals surface area contributed by atoms with Crippen LogP contribution < -0.4 is 5.56 Å². The van der Waals surface area contributed by atoms with Gasteiger partial charge in [0, 0.05) is 26.1 Å². The molecule has 8 nitrogen and oxygen atoms in total. The van der Waals surface area contributed by atoms with Gasteiger partial charge in [0.05, 0.1) is 17.4 Å². The molecule has 0 unspecified atom stereocenters. The van der Waals surface area contributed by atoms with Crippen molar-refractivity contribution in [3.63, 3.8) is 0 Å². The number of benzene rings is 1. The Labute approximate surface area is 169 Å². The van der Waals surface area contributed by atoms with Gasteiger partial charge in [0.25, 0.3) is 5.56 Å². The molecular formula is C21H28N6O2. The SMILES string of the molecule is CCN(CC)C(=O)C1CCN(Cc2nnc3n(C)c(=O)c4ccccc4n23)CC1. The Morgan fingerprint density at radius 1 is 1.14 bits per heavy atom. The summed E-state index contributed by atoms with van der Waals surface area (Å²) in [7, 11) is 1.73. The number of hydrogen-bond donors (Lipinski definition) is 0. The van der Waals surface area contributed by atoms with Crippen LogP contribution in [0.1, 0.15) is 32.5 Å². The van der Waals surface area contributed by atoms with Crippen LogP contribution in [0.25, 0.3) is 16.7 Å². The van der Waals surface area contributed by atoms with Crippen molar-refractivity contribution in [2.24, 2.45) is 13.0 Å². The minimum Gasteiger partial charge on any atom is -0.343 e. The van der Waals surface area contributed by atoms with Gasteiger partial charge in [-0.2, -0.15) is 0 Å². The summed E-state index contributed by atoms with van der Waals surface area (Å²) in [6, 6.07) is 7.57. The number of piperidine rings is 1. The van der Waals surface area contributed by atoms with Crippen molar-refractivity contribution in [1.29, 1.82) is 0 Å². The predicted octanol–water partition coefficient (Wildman–Crippen LogP) is 1.66. The third kappa shape index (κ3) is 3.42. The molecule has 3 aromatic rings. The predicted molar refractivity (Wildman–Crippen MR) is 112 cm³/mol. The first-order valence-corrected chi connectivity index (χ1v) is 10.4. The smallest absolute Gasteiger partial charge is 0.262 e. The van der Waals surface area contributed by atoms with E-state index in [-0.39, 0.29) is 17.4 Å². The van der Waals surface area contributed by atoms with Gasteiger partial charge in [-0.05, 0) is 51.9 Å². The first-order chi connectivity index (χ1) is 14.0. The highest BCUT2D eigenvalue weighted by atomic mass is 16.2. The van der Waals surface area contributed by atoms with Gasteiger partial charge < -0.3 is 4.90 Å². The summed E-state index contributed by atoms with van der Waals surface area (Å²) in [6.07, 6.45) is 1.73. The quantitative estimate of drug-likeness (QED) is 0.656. The van der Waals surface area contributed by atoms with E-state index in [0.717, 1.165) is 50.4 Å². The van der Waals surface area contributed by atoms with Crippen LogP contribution in [0.3, 0.4) is 0 Å². The lowest BCUT2D eigenvalue weighted by molar-refractivity contribution is -0.136. The lowest BCUT2D eigenvalue weighted by Crippen LogP contribution is -2.42. The van der Waals surface area contributed by atoms with E-state index in [1.165, 1.54) is 0 Å². The second-order valence-corrected chi connectivity index (χ2v) is 7.69. The van der Waals surface area contributed by atoms with E-state index in [4.69, 9.17) is 0 Å². The molecule has 4 rings (SSSR count). The molecule has 1 aromatic carbocycles. The molecule has 1 aliphatic rings. The molecule has 1 amide bonds. The Morgan fingerprint density at radius 3 is 2.52 bits per heavy atom. The number of amides is 1. The summed E-state index contributed by atoms with van der Waals surface area (Å²) < 4.78 is 3.53. The maximum absolute atomic E-state index is 12.6. The van der Waals surface area contributed by atoms with Crippen LogP contribution in [-0.2, 0) is 18.4 Å². The summed E-state index contributed by atoms with van der Waals surface area (Å²) in [5.74, 6) is 1.77. The van der Waals surface area contributed by atoms with E-state index < -0.39 is 0 Å². The molecule has 1 fully saturated rings. The summed E-state index contributed by atoms with van der Waals surface area (Å²) in [4.78, 5) is 29.5. The number of fused-ring (bicyclic) bond motifs is 3. The fraction of sp³-hybridized carbons (Fsp3) is 0.524. The maximum atomic E-state index is 12.6. The average Bonchev–Trinajstić information content (AvgIpc) is 3.17. The molecule has 29 heavy (non-hydrogen) atoms. The molecule has 0 spiro atoms. The van der Waals surface area contributed by atoms with E-state index >= 15 is 0 Å². The molecule has 154 valence electrons. The van der Waals surface area contributed by atoms with Crippen LogP contribution in [-0.4, -0.2) is 61.1 Å². The van der Waals surface area contributed by atoms with Crippen LogP contribution in [0.5, 0.6) is 0 Å². The number of para-hydroxylation sites is 1. The number of likely N-dealkylation sites (tertiary alicyclic amines) is 1. The van der Waals surface area contributed by atoms with Crippen LogP contribution in [0.15, 0.2) is 29.1 Å². The minimum absolute atomic E-state index is 0.0669. The molecule has 0 bridgehead atoms. The summed E-state index contributed by atoms with van der Waals surface area (Å²) in [5.41, 5.74) is 0.764. The van der Waals surface area contributed by atoms with Crippen LogP contribution in [0, 0.1) is 5.92 Å². The van der Waals surface area contributed by atoms with E-state index in [0.29, 0.717) is 17.7 Å². The second kappa shape index (κ2) is 7.94. The molecule has 1 saturated heterocycles. The molecule has 0 saturated carbocycles. The molecule has 0 atom stereocenters. The van der Waals surface area contributed by atoms with Gasteiger partial charge in [0.2, 0.25) is 11.7 Å². The number of aryl methyl sites for hydroxylation is 1. The highest BCUT2D eigenvalue weighted by molar-refractivity contribution is 5.80. The number of rotatable bonds is 5. The van der Waals surface area contributed by atoms with Crippen molar-refractivity contribution in [2.45, 2.75) is 33.2 Å². The third-order valence-corrected chi connectivity index (χ3v) is 6.07. The zero-order chi connectivity index (χ0) is 20.5. The van der Waals surface area contributed by atoms with Gasteiger partial charge in [0.15, 0.2) is 5.82 Å². The second-order valence-electron chi connectivity index (χ2n) is 7.69. The summed E-state index contributed by atoms with van der Waals surface area (Å²) >= 11 is 0. The monoisotopic (exact) mass is 396 g/mol. The Bertz CT molecular complexity index is 1090. The highest BCUT2D eigenvalue weighted by Gasteiger charge is 2.28. The molecule has 3 heterocycles. The van der Waals surface area contributed by atoms with Crippen molar-refractivity contribution in [1.82, 2.24) is 29.0 Å². The van der Waals surface area contributed by atoms with Crippen molar-refractivity contribution in [3.8, 4) is 0 Å². The minimum atomic E-state index is -0.0669. The molecule has 1 aliphatic heterocycles. The third-order valence-electron chi connectivity index (χ3n) is 6.07. The fourth-order valence-corrected chi connectivity index (χ4v) is 4.33. The Hall–Kier alpha value is -2.74. The molecule has 0 radical (unpaired) electrons. The van der Waals surface area contributed by atoms with Crippen molar-refractivity contribution in [2.75, 3.05) is 26.2 Å². The van der Waals surface area contributed by atoms with Crippen LogP contribution >= 0.6 is 0 Å². The van der Waals surface area contributed by atoms with Crippen molar-refractivity contribution < 1.29 is 4.79 Å². The zero-order valence-corrected chi connectivity index (χ0v) is 17.3. The van der Waals surface area contributed by atoms with Crippen molar-refractivity contribution >= 4 is 22.6 Å². The Morgan fingerprint density at radius 2 is 1.83 bits per heavy atom. The standard InChI is InChI=1S/C21H28N6O2/c1-4-26(5-2)19(28)15-10-12-25(13-11-15)14-18-22-23-21-24(3)20(29)16-8-6-7-9-17(16)27(18)21/h6-9,15H,4-5,10-14H2,1-3H3. The van der Waals surface area contributed by atoms with Crippen LogP contribution in [0.2, 0.25) is 0 Å². The lowest BCUT2D eigenvalue weighted by Gasteiger charge is -2.33. The number of carbonyl (C=O) groups excluding carboxylic acids is 1. The lowest BCUT2D eigenvalue weighted by atomic mass is 9.95. The van der Waals surface area contributed by atoms with Gasteiger partial charge in [0.1, 0.15) is 0 Å². The average molecular weight is 396 g/mol. The van der Waals surface area contributed by atoms with Gasteiger partial charge in [-0.3, -0.25) is 23.5 Å². The topological polar surface area (TPSA) is 75.7 Å². The first-order valence-electron chi connectivity index (χ1n) is 10.4. The zero-order valence-electron chi connectivity index (χ0n) is 17.3. The molecule has 2 aromatic heterocycles. The summed E-state index contributed by atoms with van der Waals surface area (Å²) in [5, 5.41) is 9.32. The Balaban J connectivity index is 1.56. The Kier molecular flexibility index (Phi) is 5.36. The molecule has 0 N–H and O–H groups in total. The fourth-order valence-electron chi connectivity index (χ4n) is 4.33. The van der Waals surface area contributed by atoms with Crippen LogP contribution in [0.4, 0.5) is 0 Å². The molecular weight excluding hydrogens is 368 g/mol. The number of nitrogens with zero attached hydrogens (tertiary/aromatic N) is 6. The largest absolute Gasteiger partial charge is 0.343 e. The van der Waals surface area contributed by atoms with Crippen molar-refractivity contribution in [3.05, 3.63) is 40.4 Å². The van der Waals surface area contributed by atoms with Gasteiger partial charge in [-0.1, -0.05) is 12.1 Å². The maximum Gasteiger partial charge on any atom is 0.262 e. The van der Waals surface area contributed by atoms with E-state index in [1.54, 1.807) is 11.6 Å². The number of hydrogen-bond acceptors (Lipinski definition) is 5. The molecule has 0 aliphatic carbocycles. The van der Waals surface area contributed by atoms with Gasteiger partial charge >= 0.3 is 0 Å². The summed E-state index contributed by atoms with van der Waals surface area (Å²) in [6.45, 7) is 7.97. The van der Waals surface area contributed by atoms with E-state index in [2.05, 4.69) is 15.1 Å². The van der Waals surface area contributed by atoms with Gasteiger partial charge in [-0.15, -0.1) is 10.2 Å². The van der Waals surface area contributed by atoms with E-state index in [1.807, 2.05) is 47.4 Å². The number of aromatic nitrogens is 4. The number of carbonyl (C=O) groups is 1. The molecule has 8 heteroatoms. The normalized spacial score (nSPS) is 16.0. The highest BCUT2D eigenvalue weighted by Crippen LogP contribution is 2.22. The van der Waals surface area contributed by atoms with Gasteiger partial charge in [-0.25, -0.2) is 0 Å².